The highest BCUT2D eigenvalue weighted by Crippen LogP contribution is 2.16. The van der Waals surface area contributed by atoms with E-state index in [0.717, 1.165) is 13.1 Å². The van der Waals surface area contributed by atoms with Crippen LogP contribution >= 0.6 is 0 Å². The van der Waals surface area contributed by atoms with E-state index in [9.17, 15) is 4.79 Å². The van der Waals surface area contributed by atoms with Crippen LogP contribution in [0.15, 0.2) is 0 Å². The predicted octanol–water partition coefficient (Wildman–Crippen LogP) is 0.174. The third kappa shape index (κ3) is 2.76. The summed E-state index contributed by atoms with van der Waals surface area (Å²) in [6.45, 7) is 5.88. The van der Waals surface area contributed by atoms with Crippen molar-refractivity contribution >= 4 is 6.09 Å². The second kappa shape index (κ2) is 3.09. The molecule has 2 N–H and O–H groups in total. The van der Waals surface area contributed by atoms with Gasteiger partial charge < -0.3 is 10.5 Å². The van der Waals surface area contributed by atoms with Crippen LogP contribution in [0.25, 0.3) is 0 Å². The fraction of sp³-hybridized carbons (Fsp3) is 0.857. The van der Waals surface area contributed by atoms with Gasteiger partial charge in [0, 0.05) is 19.1 Å². The van der Waals surface area contributed by atoms with Gasteiger partial charge >= 0.3 is 6.09 Å². The molecule has 1 heterocycles. The van der Waals surface area contributed by atoms with E-state index in [4.69, 9.17) is 10.5 Å². The van der Waals surface area contributed by atoms with Crippen molar-refractivity contribution in [1.29, 1.82) is 0 Å². The number of ether oxygens (including phenoxy) is 1. The summed E-state index contributed by atoms with van der Waals surface area (Å²) in [4.78, 5) is 12.5. The molecule has 64 valence electrons. The van der Waals surface area contributed by atoms with Crippen LogP contribution in [-0.4, -0.2) is 36.2 Å². The van der Waals surface area contributed by atoms with Crippen molar-refractivity contribution in [1.82, 2.24) is 4.90 Å². The SMILES string of the molecule is CC(CN1CC1C)OC(N)=O. The maximum absolute atomic E-state index is 10.3. The highest BCUT2D eigenvalue weighted by Gasteiger charge is 2.30. The lowest BCUT2D eigenvalue weighted by atomic mass is 10.4. The fourth-order valence-corrected chi connectivity index (χ4v) is 1.11. The fourth-order valence-electron chi connectivity index (χ4n) is 1.11. The molecule has 4 heteroatoms. The van der Waals surface area contributed by atoms with Crippen LogP contribution in [0.5, 0.6) is 0 Å². The molecule has 0 saturated carbocycles. The van der Waals surface area contributed by atoms with Gasteiger partial charge in [0.05, 0.1) is 0 Å². The zero-order valence-corrected chi connectivity index (χ0v) is 6.91. The molecule has 4 nitrogen and oxygen atoms in total. The lowest BCUT2D eigenvalue weighted by Gasteiger charge is -2.11. The van der Waals surface area contributed by atoms with Gasteiger partial charge in [-0.3, -0.25) is 4.90 Å². The van der Waals surface area contributed by atoms with E-state index in [-0.39, 0.29) is 6.10 Å². The summed E-state index contributed by atoms with van der Waals surface area (Å²) in [5.41, 5.74) is 4.84. The number of nitrogens with two attached hydrogens (primary N) is 1. The van der Waals surface area contributed by atoms with Crippen molar-refractivity contribution < 1.29 is 9.53 Å². The Kier molecular flexibility index (Phi) is 2.34. The summed E-state index contributed by atoms with van der Waals surface area (Å²) in [6.07, 6.45) is -0.774. The van der Waals surface area contributed by atoms with Crippen LogP contribution in [0.3, 0.4) is 0 Å². The van der Waals surface area contributed by atoms with Crippen molar-refractivity contribution in [2.75, 3.05) is 13.1 Å². The Morgan fingerprint density at radius 2 is 2.45 bits per heavy atom. The number of hydrogen-bond acceptors (Lipinski definition) is 3. The van der Waals surface area contributed by atoms with E-state index in [1.54, 1.807) is 0 Å². The Bertz CT molecular complexity index is 161. The first-order chi connectivity index (χ1) is 5.09. The summed E-state index contributed by atoms with van der Waals surface area (Å²) >= 11 is 0. The third-order valence-corrected chi connectivity index (χ3v) is 1.80. The molecular formula is C7H14N2O2. The summed E-state index contributed by atoms with van der Waals surface area (Å²) in [7, 11) is 0. The minimum atomic E-state index is -0.688. The average molecular weight is 158 g/mol. The molecule has 0 aromatic carbocycles. The molecule has 3 atom stereocenters. The first-order valence-corrected chi connectivity index (χ1v) is 3.79. The predicted molar refractivity (Wildman–Crippen MR) is 41.2 cm³/mol. The van der Waals surface area contributed by atoms with E-state index in [0.29, 0.717) is 6.04 Å². The normalized spacial score (nSPS) is 31.1. The van der Waals surface area contributed by atoms with E-state index in [1.165, 1.54) is 0 Å². The molecule has 1 rings (SSSR count). The number of nitrogens with zero attached hydrogens (tertiary/aromatic N) is 1. The van der Waals surface area contributed by atoms with Crippen LogP contribution in [0.2, 0.25) is 0 Å². The maximum Gasteiger partial charge on any atom is 0.404 e. The highest BCUT2D eigenvalue weighted by molar-refractivity contribution is 5.64. The Balaban J connectivity index is 2.11. The van der Waals surface area contributed by atoms with Gasteiger partial charge in [0.25, 0.3) is 0 Å². The summed E-state index contributed by atoms with van der Waals surface area (Å²) in [5, 5.41) is 0. The van der Waals surface area contributed by atoms with Gasteiger partial charge in [-0.25, -0.2) is 4.79 Å². The van der Waals surface area contributed by atoms with Gasteiger partial charge in [-0.1, -0.05) is 0 Å². The van der Waals surface area contributed by atoms with Crippen LogP contribution in [0, 0.1) is 0 Å². The summed E-state index contributed by atoms with van der Waals surface area (Å²) in [6, 6.07) is 0.647. The van der Waals surface area contributed by atoms with Crippen LogP contribution < -0.4 is 5.73 Å². The molecule has 1 aliphatic heterocycles. The van der Waals surface area contributed by atoms with Crippen molar-refractivity contribution in [2.45, 2.75) is 26.0 Å². The monoisotopic (exact) mass is 158 g/mol. The molecule has 3 unspecified atom stereocenters. The van der Waals surface area contributed by atoms with E-state index in [1.807, 2.05) is 6.92 Å². The molecule has 0 spiro atoms. The Hall–Kier alpha value is -0.770. The number of amides is 1. The number of carbonyl (C=O) groups is 1. The number of hydrogen-bond donors (Lipinski definition) is 1. The minimum Gasteiger partial charge on any atom is -0.445 e. The van der Waals surface area contributed by atoms with Crippen molar-refractivity contribution in [3.05, 3.63) is 0 Å². The summed E-state index contributed by atoms with van der Waals surface area (Å²) in [5.74, 6) is 0. The molecule has 0 aromatic heterocycles. The standard InChI is InChI=1S/C7H14N2O2/c1-5-3-9(5)4-6(2)11-7(8)10/h5-6H,3-4H2,1-2H3,(H2,8,10). The average Bonchev–Trinajstić information content (AvgIpc) is 2.43. The molecule has 1 aliphatic rings. The molecule has 0 radical (unpaired) electrons. The van der Waals surface area contributed by atoms with E-state index >= 15 is 0 Å². The number of carbonyl (C=O) groups excluding carboxylic acids is 1. The van der Waals surface area contributed by atoms with Crippen molar-refractivity contribution in [3.8, 4) is 0 Å². The quantitative estimate of drug-likeness (QED) is 0.596. The summed E-state index contributed by atoms with van der Waals surface area (Å²) < 4.78 is 4.75. The Morgan fingerprint density at radius 1 is 1.91 bits per heavy atom. The first-order valence-electron chi connectivity index (χ1n) is 3.79. The second-order valence-electron chi connectivity index (χ2n) is 3.05. The van der Waals surface area contributed by atoms with Crippen LogP contribution in [0.4, 0.5) is 4.79 Å². The topological polar surface area (TPSA) is 55.3 Å². The maximum atomic E-state index is 10.3. The molecule has 1 saturated heterocycles. The molecule has 1 amide bonds. The van der Waals surface area contributed by atoms with E-state index < -0.39 is 6.09 Å². The molecule has 0 bridgehead atoms. The number of rotatable bonds is 3. The Morgan fingerprint density at radius 3 is 2.82 bits per heavy atom. The molecule has 11 heavy (non-hydrogen) atoms. The molecule has 1 fully saturated rings. The smallest absolute Gasteiger partial charge is 0.404 e. The molecule has 0 aromatic rings. The van der Waals surface area contributed by atoms with Gasteiger partial charge in [0.1, 0.15) is 6.10 Å². The molecular weight excluding hydrogens is 144 g/mol. The number of primary amides is 1. The molecule has 0 aliphatic carbocycles. The first kappa shape index (κ1) is 8.33. The van der Waals surface area contributed by atoms with Gasteiger partial charge in [-0.2, -0.15) is 0 Å². The van der Waals surface area contributed by atoms with Gasteiger partial charge in [-0.15, -0.1) is 0 Å². The van der Waals surface area contributed by atoms with Crippen LogP contribution in [-0.2, 0) is 4.74 Å². The lowest BCUT2D eigenvalue weighted by Crippen LogP contribution is -2.26. The van der Waals surface area contributed by atoms with Crippen molar-refractivity contribution in [3.63, 3.8) is 0 Å². The van der Waals surface area contributed by atoms with Gasteiger partial charge in [0.15, 0.2) is 0 Å². The largest absolute Gasteiger partial charge is 0.445 e. The lowest BCUT2D eigenvalue weighted by molar-refractivity contribution is 0.106. The van der Waals surface area contributed by atoms with Gasteiger partial charge in [-0.05, 0) is 13.8 Å². The third-order valence-electron chi connectivity index (χ3n) is 1.80. The minimum absolute atomic E-state index is 0.0857. The van der Waals surface area contributed by atoms with Crippen LogP contribution in [0.1, 0.15) is 13.8 Å². The van der Waals surface area contributed by atoms with Gasteiger partial charge in [0.2, 0.25) is 0 Å². The highest BCUT2D eigenvalue weighted by atomic mass is 16.6. The second-order valence-corrected chi connectivity index (χ2v) is 3.05. The van der Waals surface area contributed by atoms with Crippen molar-refractivity contribution in [2.24, 2.45) is 5.73 Å². The Labute approximate surface area is 66.3 Å². The van der Waals surface area contributed by atoms with E-state index in [2.05, 4.69) is 11.8 Å². The zero-order chi connectivity index (χ0) is 8.43. The zero-order valence-electron chi connectivity index (χ0n) is 6.91.